The van der Waals surface area contributed by atoms with E-state index >= 15 is 0 Å². The maximum Gasteiger partial charge on any atom is 0.317 e. The maximum atomic E-state index is 12.2. The van der Waals surface area contributed by atoms with Crippen molar-refractivity contribution < 1.29 is 9.59 Å². The predicted octanol–water partition coefficient (Wildman–Crippen LogP) is 1.55. The molecule has 7 nitrogen and oxygen atoms in total. The monoisotopic (exact) mass is 339 g/mol. The van der Waals surface area contributed by atoms with Crippen LogP contribution >= 0.6 is 0 Å². The molecule has 1 fully saturated rings. The molecule has 2 aromatic rings. The van der Waals surface area contributed by atoms with Crippen molar-refractivity contribution in [2.24, 2.45) is 0 Å². The number of carbonyl (C=O) groups is 2. The summed E-state index contributed by atoms with van der Waals surface area (Å²) < 4.78 is 0. The third kappa shape index (κ3) is 4.69. The number of carbonyl (C=O) groups excluding carboxylic acids is 2. The summed E-state index contributed by atoms with van der Waals surface area (Å²) in [5.74, 6) is -0.262. The van der Waals surface area contributed by atoms with Gasteiger partial charge in [0.1, 0.15) is 0 Å². The molecule has 0 atom stereocenters. The fourth-order valence-corrected chi connectivity index (χ4v) is 2.71. The van der Waals surface area contributed by atoms with Crippen LogP contribution in [0.25, 0.3) is 0 Å². The van der Waals surface area contributed by atoms with Crippen molar-refractivity contribution in [3.8, 4) is 0 Å². The van der Waals surface area contributed by atoms with Crippen molar-refractivity contribution in [3.05, 3.63) is 54.9 Å². The van der Waals surface area contributed by atoms with Gasteiger partial charge in [0.05, 0.1) is 6.54 Å². The van der Waals surface area contributed by atoms with Crippen LogP contribution in [0.4, 0.5) is 16.2 Å². The second-order valence-corrected chi connectivity index (χ2v) is 5.75. The molecule has 1 aliphatic heterocycles. The molecule has 0 spiro atoms. The fraction of sp³-hybridized carbons (Fsp3) is 0.278. The lowest BCUT2D eigenvalue weighted by molar-refractivity contribution is -0.115. The van der Waals surface area contributed by atoms with Crippen LogP contribution in [0.2, 0.25) is 0 Å². The minimum atomic E-state index is -0.262. The zero-order valence-corrected chi connectivity index (χ0v) is 13.9. The van der Waals surface area contributed by atoms with Gasteiger partial charge in [0.25, 0.3) is 0 Å². The molecular weight excluding hydrogens is 318 g/mol. The summed E-state index contributed by atoms with van der Waals surface area (Å²) in [7, 11) is 0. The van der Waals surface area contributed by atoms with Crippen molar-refractivity contribution in [1.29, 1.82) is 0 Å². The highest BCUT2D eigenvalue weighted by atomic mass is 16.2. The van der Waals surface area contributed by atoms with Gasteiger partial charge in [0.2, 0.25) is 5.91 Å². The van der Waals surface area contributed by atoms with E-state index in [2.05, 4.69) is 32.7 Å². The van der Waals surface area contributed by atoms with E-state index in [-0.39, 0.29) is 18.5 Å². The first-order chi connectivity index (χ1) is 12.2. The summed E-state index contributed by atoms with van der Waals surface area (Å²) in [5, 5.41) is 5.38. The number of aromatic nitrogens is 1. The first-order valence-electron chi connectivity index (χ1n) is 8.25. The van der Waals surface area contributed by atoms with Gasteiger partial charge < -0.3 is 20.4 Å². The van der Waals surface area contributed by atoms with Crippen LogP contribution < -0.4 is 15.5 Å². The average molecular weight is 339 g/mol. The Morgan fingerprint density at radius 2 is 1.64 bits per heavy atom. The summed E-state index contributed by atoms with van der Waals surface area (Å²) in [5.41, 5.74) is 1.82. The van der Waals surface area contributed by atoms with Crippen LogP contribution in [0.5, 0.6) is 0 Å². The lowest BCUT2D eigenvalue weighted by atomic mass is 10.2. The summed E-state index contributed by atoms with van der Waals surface area (Å²) in [4.78, 5) is 31.9. The van der Waals surface area contributed by atoms with Gasteiger partial charge in [-0.3, -0.25) is 9.78 Å². The van der Waals surface area contributed by atoms with E-state index in [9.17, 15) is 9.59 Å². The number of amides is 3. The number of rotatable bonds is 4. The molecule has 0 radical (unpaired) electrons. The topological polar surface area (TPSA) is 77.6 Å². The molecule has 0 aliphatic carbocycles. The minimum absolute atomic E-state index is 0.0555. The molecule has 3 rings (SSSR count). The zero-order valence-electron chi connectivity index (χ0n) is 13.9. The second-order valence-electron chi connectivity index (χ2n) is 5.75. The molecule has 1 saturated heterocycles. The zero-order chi connectivity index (χ0) is 17.5. The quantitative estimate of drug-likeness (QED) is 0.886. The molecule has 0 saturated carbocycles. The van der Waals surface area contributed by atoms with Crippen molar-refractivity contribution in [1.82, 2.24) is 15.2 Å². The van der Waals surface area contributed by atoms with Gasteiger partial charge in [0, 0.05) is 49.9 Å². The standard InChI is InChI=1S/C18H21N5O2/c24-17(21-15-6-8-19-9-7-15)14-20-18(25)23-12-10-22(11-13-23)16-4-2-1-3-5-16/h1-9H,10-14H2,(H,20,25)(H,19,21,24). The van der Waals surface area contributed by atoms with Crippen molar-refractivity contribution in [2.75, 3.05) is 42.9 Å². The molecule has 2 heterocycles. The number of nitrogens with zero attached hydrogens (tertiary/aromatic N) is 3. The van der Waals surface area contributed by atoms with E-state index in [0.29, 0.717) is 18.8 Å². The number of benzene rings is 1. The van der Waals surface area contributed by atoms with Crippen molar-refractivity contribution in [2.45, 2.75) is 0 Å². The Morgan fingerprint density at radius 1 is 0.960 bits per heavy atom. The minimum Gasteiger partial charge on any atom is -0.368 e. The number of piperazine rings is 1. The smallest absolute Gasteiger partial charge is 0.317 e. The van der Waals surface area contributed by atoms with E-state index < -0.39 is 0 Å². The van der Waals surface area contributed by atoms with Crippen LogP contribution in [0.1, 0.15) is 0 Å². The second kappa shape index (κ2) is 8.14. The summed E-state index contributed by atoms with van der Waals surface area (Å²) in [6.45, 7) is 2.76. The van der Waals surface area contributed by atoms with Gasteiger partial charge in [-0.15, -0.1) is 0 Å². The highest BCUT2D eigenvalue weighted by Gasteiger charge is 2.21. The fourth-order valence-electron chi connectivity index (χ4n) is 2.71. The summed E-state index contributed by atoms with van der Waals surface area (Å²) >= 11 is 0. The number of pyridine rings is 1. The average Bonchev–Trinajstić information content (AvgIpc) is 2.68. The number of para-hydroxylation sites is 1. The Labute approximate surface area is 146 Å². The first kappa shape index (κ1) is 16.8. The third-order valence-electron chi connectivity index (χ3n) is 4.05. The van der Waals surface area contributed by atoms with Crippen LogP contribution in [0, 0.1) is 0 Å². The van der Waals surface area contributed by atoms with E-state index in [1.807, 2.05) is 18.2 Å². The van der Waals surface area contributed by atoms with Gasteiger partial charge in [-0.2, -0.15) is 0 Å². The van der Waals surface area contributed by atoms with Gasteiger partial charge in [-0.25, -0.2) is 4.79 Å². The molecular formula is C18H21N5O2. The van der Waals surface area contributed by atoms with E-state index in [4.69, 9.17) is 0 Å². The van der Waals surface area contributed by atoms with E-state index in [0.717, 1.165) is 13.1 Å². The van der Waals surface area contributed by atoms with E-state index in [1.165, 1.54) is 5.69 Å². The molecule has 0 bridgehead atoms. The van der Waals surface area contributed by atoms with Gasteiger partial charge in [-0.1, -0.05) is 18.2 Å². The molecule has 25 heavy (non-hydrogen) atoms. The number of hydrogen-bond acceptors (Lipinski definition) is 4. The molecule has 1 aromatic carbocycles. The van der Waals surface area contributed by atoms with Crippen LogP contribution in [-0.2, 0) is 4.79 Å². The highest BCUT2D eigenvalue weighted by Crippen LogP contribution is 2.15. The Balaban J connectivity index is 1.41. The van der Waals surface area contributed by atoms with Gasteiger partial charge >= 0.3 is 6.03 Å². The van der Waals surface area contributed by atoms with Crippen molar-refractivity contribution >= 4 is 23.3 Å². The number of anilines is 2. The largest absolute Gasteiger partial charge is 0.368 e. The van der Waals surface area contributed by atoms with Gasteiger partial charge in [0.15, 0.2) is 0 Å². The first-order valence-corrected chi connectivity index (χ1v) is 8.25. The Hall–Kier alpha value is -3.09. The molecule has 3 amide bonds. The van der Waals surface area contributed by atoms with Crippen LogP contribution in [-0.4, -0.2) is 54.5 Å². The van der Waals surface area contributed by atoms with Gasteiger partial charge in [-0.05, 0) is 24.3 Å². The Morgan fingerprint density at radius 3 is 2.32 bits per heavy atom. The lowest BCUT2D eigenvalue weighted by Crippen LogP contribution is -2.52. The van der Waals surface area contributed by atoms with E-state index in [1.54, 1.807) is 29.4 Å². The summed E-state index contributed by atoms with van der Waals surface area (Å²) in [6.07, 6.45) is 3.20. The number of nitrogens with one attached hydrogen (secondary N) is 2. The maximum absolute atomic E-state index is 12.2. The summed E-state index contributed by atoms with van der Waals surface area (Å²) in [6, 6.07) is 13.3. The highest BCUT2D eigenvalue weighted by molar-refractivity contribution is 5.94. The predicted molar refractivity (Wildman–Crippen MR) is 96.5 cm³/mol. The Kier molecular flexibility index (Phi) is 5.46. The number of hydrogen-bond donors (Lipinski definition) is 2. The van der Waals surface area contributed by atoms with Crippen LogP contribution in [0.3, 0.4) is 0 Å². The number of urea groups is 1. The Bertz CT molecular complexity index is 700. The SMILES string of the molecule is O=C(CNC(=O)N1CCN(c2ccccc2)CC1)Nc1ccncc1. The van der Waals surface area contributed by atoms with Crippen molar-refractivity contribution in [3.63, 3.8) is 0 Å². The molecule has 0 unspecified atom stereocenters. The molecule has 7 heteroatoms. The molecule has 2 N–H and O–H groups in total. The molecule has 1 aliphatic rings. The lowest BCUT2D eigenvalue weighted by Gasteiger charge is -2.36. The molecule has 1 aromatic heterocycles. The molecule has 130 valence electrons. The van der Waals surface area contributed by atoms with Crippen LogP contribution in [0.15, 0.2) is 54.9 Å². The normalized spacial score (nSPS) is 14.1. The third-order valence-corrected chi connectivity index (χ3v) is 4.05.